The molecule has 3 aromatic rings. The number of fused-ring (bicyclic) bond motifs is 5. The third-order valence-corrected chi connectivity index (χ3v) is 7.75. The zero-order chi connectivity index (χ0) is 22.3. The molecular formula is C24H22F4N2O. The van der Waals surface area contributed by atoms with Gasteiger partial charge in [0.2, 0.25) is 0 Å². The Labute approximate surface area is 176 Å². The highest BCUT2D eigenvalue weighted by Crippen LogP contribution is 2.67. The molecule has 2 aromatic carbocycles. The highest BCUT2D eigenvalue weighted by atomic mass is 19.1. The van der Waals surface area contributed by atoms with E-state index in [0.717, 1.165) is 42.8 Å². The molecule has 2 aliphatic rings. The summed E-state index contributed by atoms with van der Waals surface area (Å²) in [5.41, 5.74) is 0.523. The van der Waals surface area contributed by atoms with E-state index in [4.69, 9.17) is 0 Å². The first-order valence-electron chi connectivity index (χ1n) is 10.3. The molecule has 0 amide bonds. The van der Waals surface area contributed by atoms with Gasteiger partial charge < -0.3 is 0 Å². The van der Waals surface area contributed by atoms with Crippen molar-refractivity contribution >= 4 is 0 Å². The Morgan fingerprint density at radius 1 is 0.968 bits per heavy atom. The van der Waals surface area contributed by atoms with Gasteiger partial charge in [-0.2, -0.15) is 0 Å². The van der Waals surface area contributed by atoms with Crippen LogP contribution in [0.1, 0.15) is 56.4 Å². The largest absolute Gasteiger partial charge is 0.276 e. The summed E-state index contributed by atoms with van der Waals surface area (Å²) in [7, 11) is 0. The Hall–Kier alpha value is -2.83. The van der Waals surface area contributed by atoms with Gasteiger partial charge in [-0.05, 0) is 42.4 Å². The van der Waals surface area contributed by atoms with Crippen LogP contribution in [0.15, 0.2) is 41.2 Å². The van der Waals surface area contributed by atoms with Gasteiger partial charge in [0.05, 0.1) is 12.2 Å². The van der Waals surface area contributed by atoms with Crippen molar-refractivity contribution in [1.82, 2.24) is 9.36 Å². The third kappa shape index (κ3) is 2.55. The summed E-state index contributed by atoms with van der Waals surface area (Å²) in [6, 6.07) is 6.30. The first-order valence-corrected chi connectivity index (χ1v) is 10.3. The van der Waals surface area contributed by atoms with Crippen LogP contribution >= 0.6 is 0 Å². The topological polar surface area (TPSA) is 26.9 Å². The molecule has 2 aliphatic carbocycles. The minimum Gasteiger partial charge on any atom is -0.276 e. The van der Waals surface area contributed by atoms with E-state index in [1.54, 1.807) is 4.68 Å². The zero-order valence-corrected chi connectivity index (χ0v) is 17.5. The number of hydrogen-bond donors (Lipinski definition) is 0. The molecule has 0 unspecified atom stereocenters. The van der Waals surface area contributed by atoms with Crippen molar-refractivity contribution in [3.05, 3.63) is 86.8 Å². The summed E-state index contributed by atoms with van der Waals surface area (Å²) in [6.07, 6.45) is 1.69. The highest BCUT2D eigenvalue weighted by molar-refractivity contribution is 5.48. The zero-order valence-electron chi connectivity index (χ0n) is 17.5. The van der Waals surface area contributed by atoms with Crippen LogP contribution in [0, 0.1) is 28.7 Å². The van der Waals surface area contributed by atoms with E-state index in [1.165, 1.54) is 16.8 Å². The quantitative estimate of drug-likeness (QED) is 0.510. The van der Waals surface area contributed by atoms with Crippen molar-refractivity contribution in [2.45, 2.75) is 51.5 Å². The minimum absolute atomic E-state index is 0.00549. The normalized spacial score (nSPS) is 23.4. The maximum Gasteiger partial charge on any atom is 0.275 e. The van der Waals surface area contributed by atoms with Crippen molar-refractivity contribution in [1.29, 1.82) is 0 Å². The number of nitrogens with zero attached hydrogens (tertiary/aromatic N) is 2. The Morgan fingerprint density at radius 3 is 2.26 bits per heavy atom. The summed E-state index contributed by atoms with van der Waals surface area (Å²) in [5.74, 6) is -3.08. The summed E-state index contributed by atoms with van der Waals surface area (Å²) in [5, 5.41) is 0. The number of halogens is 4. The molecule has 0 radical (unpaired) electrons. The molecule has 0 N–H and O–H groups in total. The van der Waals surface area contributed by atoms with E-state index in [1.807, 2.05) is 0 Å². The predicted molar refractivity (Wildman–Crippen MR) is 109 cm³/mol. The molecule has 1 saturated carbocycles. The fourth-order valence-electron chi connectivity index (χ4n) is 5.74. The second-order valence-electron chi connectivity index (χ2n) is 9.41. The predicted octanol–water partition coefficient (Wildman–Crippen LogP) is 5.42. The van der Waals surface area contributed by atoms with Crippen LogP contribution < -0.4 is 5.56 Å². The Kier molecular flexibility index (Phi) is 4.11. The van der Waals surface area contributed by atoms with Crippen LogP contribution in [0.25, 0.3) is 5.69 Å². The van der Waals surface area contributed by atoms with Crippen molar-refractivity contribution in [3.8, 4) is 5.69 Å². The second-order valence-corrected chi connectivity index (χ2v) is 9.41. The Balaban J connectivity index is 1.81. The molecule has 7 heteroatoms. The molecule has 0 saturated heterocycles. The van der Waals surface area contributed by atoms with Crippen LogP contribution in [-0.2, 0) is 12.0 Å². The Morgan fingerprint density at radius 2 is 1.61 bits per heavy atom. The standard InChI is InChI=1S/C24H22F4N2O/c1-23(2)16-8-9-24(23,3)21-20(16)22(31)30(19-7-6-15(26)11-18(19)28)29(21)12-13-4-5-14(25)10-17(13)27/h4-7,10-11,16H,8-9,12H2,1-3H3/t16-,24+/m0/s1. The molecule has 0 aliphatic heterocycles. The lowest BCUT2D eigenvalue weighted by Gasteiger charge is -2.36. The molecule has 2 bridgehead atoms. The molecule has 1 heterocycles. The monoisotopic (exact) mass is 430 g/mol. The van der Waals surface area contributed by atoms with E-state index >= 15 is 0 Å². The first kappa shape index (κ1) is 20.1. The van der Waals surface area contributed by atoms with Crippen molar-refractivity contribution in [2.24, 2.45) is 5.41 Å². The van der Waals surface area contributed by atoms with Crippen LogP contribution in [0.3, 0.4) is 0 Å². The molecule has 3 nitrogen and oxygen atoms in total. The molecule has 162 valence electrons. The van der Waals surface area contributed by atoms with Gasteiger partial charge >= 0.3 is 0 Å². The van der Waals surface area contributed by atoms with Crippen LogP contribution in [0.2, 0.25) is 0 Å². The first-order chi connectivity index (χ1) is 14.6. The molecule has 2 atom stereocenters. The molecular weight excluding hydrogens is 408 g/mol. The van der Waals surface area contributed by atoms with E-state index in [-0.39, 0.29) is 40.1 Å². The van der Waals surface area contributed by atoms with Gasteiger partial charge in [-0.15, -0.1) is 0 Å². The second kappa shape index (κ2) is 6.34. The van der Waals surface area contributed by atoms with Crippen molar-refractivity contribution < 1.29 is 17.6 Å². The molecule has 5 rings (SSSR count). The lowest BCUT2D eigenvalue weighted by Crippen LogP contribution is -2.36. The smallest absolute Gasteiger partial charge is 0.275 e. The fraction of sp³-hybridized carbons (Fsp3) is 0.375. The van der Waals surface area contributed by atoms with Crippen molar-refractivity contribution in [2.75, 3.05) is 0 Å². The van der Waals surface area contributed by atoms with E-state index in [0.29, 0.717) is 5.56 Å². The van der Waals surface area contributed by atoms with E-state index in [9.17, 15) is 22.4 Å². The minimum atomic E-state index is -0.879. The molecule has 0 spiro atoms. The summed E-state index contributed by atoms with van der Waals surface area (Å²) >= 11 is 0. The summed E-state index contributed by atoms with van der Waals surface area (Å²) < 4.78 is 59.1. The Bertz CT molecular complexity index is 1290. The number of hydrogen-bond acceptors (Lipinski definition) is 1. The molecule has 1 aromatic heterocycles. The number of benzene rings is 2. The third-order valence-electron chi connectivity index (χ3n) is 7.75. The molecule has 1 fully saturated rings. The van der Waals surface area contributed by atoms with Crippen molar-refractivity contribution in [3.63, 3.8) is 0 Å². The number of aromatic nitrogens is 2. The number of rotatable bonds is 3. The maximum absolute atomic E-state index is 14.8. The fourth-order valence-corrected chi connectivity index (χ4v) is 5.74. The van der Waals surface area contributed by atoms with Crippen LogP contribution in [0.5, 0.6) is 0 Å². The highest BCUT2D eigenvalue weighted by Gasteiger charge is 2.62. The van der Waals surface area contributed by atoms with E-state index < -0.39 is 23.3 Å². The summed E-state index contributed by atoms with van der Waals surface area (Å²) in [6.45, 7) is 6.25. The lowest BCUT2D eigenvalue weighted by atomic mass is 9.70. The lowest BCUT2D eigenvalue weighted by molar-refractivity contribution is 0.216. The van der Waals surface area contributed by atoms with Crippen LogP contribution in [0.4, 0.5) is 17.6 Å². The van der Waals surface area contributed by atoms with Crippen LogP contribution in [-0.4, -0.2) is 9.36 Å². The molecule has 31 heavy (non-hydrogen) atoms. The maximum atomic E-state index is 14.8. The van der Waals surface area contributed by atoms with E-state index in [2.05, 4.69) is 20.8 Å². The SMILES string of the molecule is CC1(C)[C@H]2CC[C@]1(C)c1c2c(=O)n(-c2ccc(F)cc2F)n1Cc1ccc(F)cc1F. The average molecular weight is 430 g/mol. The van der Waals surface area contributed by atoms with Gasteiger partial charge in [0, 0.05) is 28.7 Å². The van der Waals surface area contributed by atoms with Gasteiger partial charge in [0.25, 0.3) is 5.56 Å². The summed E-state index contributed by atoms with van der Waals surface area (Å²) in [4.78, 5) is 13.6. The van der Waals surface area contributed by atoms with Gasteiger partial charge in [-0.1, -0.05) is 26.8 Å². The van der Waals surface area contributed by atoms with Gasteiger partial charge in [-0.3, -0.25) is 9.48 Å². The van der Waals surface area contributed by atoms with Gasteiger partial charge in [0.15, 0.2) is 5.82 Å². The average Bonchev–Trinajstić information content (AvgIpc) is 3.16. The van der Waals surface area contributed by atoms with Gasteiger partial charge in [0.1, 0.15) is 23.1 Å². The van der Waals surface area contributed by atoms with Gasteiger partial charge in [-0.25, -0.2) is 22.2 Å².